The number of hydrogen-bond donors (Lipinski definition) is 0. The Kier molecular flexibility index (Phi) is 9.40. The Labute approximate surface area is 176 Å². The molecule has 0 aromatic heterocycles. The van der Waals surface area contributed by atoms with Crippen LogP contribution in [0.3, 0.4) is 0 Å². The Hall–Kier alpha value is -0.970. The molecule has 2 saturated heterocycles. The lowest BCUT2D eigenvalue weighted by molar-refractivity contribution is -0.149. The number of aryl methyl sites for hydroxylation is 1. The quantitative estimate of drug-likeness (QED) is 0.640. The lowest BCUT2D eigenvalue weighted by Gasteiger charge is -2.36. The van der Waals surface area contributed by atoms with Crippen LogP contribution < -0.4 is 4.90 Å². The van der Waals surface area contributed by atoms with Gasteiger partial charge in [-0.1, -0.05) is 31.5 Å². The van der Waals surface area contributed by atoms with E-state index in [9.17, 15) is 4.79 Å². The number of benzene rings is 1. The average Bonchev–Trinajstić information content (AvgIpc) is 2.97. The van der Waals surface area contributed by atoms with Gasteiger partial charge in [0.15, 0.2) is 0 Å². The summed E-state index contributed by atoms with van der Waals surface area (Å²) < 4.78 is 5.68. The van der Waals surface area contributed by atoms with Crippen molar-refractivity contribution < 1.29 is 9.53 Å². The summed E-state index contributed by atoms with van der Waals surface area (Å²) in [6, 6.07) is 8.81. The molecule has 6 heteroatoms. The second kappa shape index (κ2) is 10.5. The van der Waals surface area contributed by atoms with Crippen LogP contribution in [0.5, 0.6) is 0 Å². The molecule has 0 bridgehead atoms. The number of carbonyl (C=O) groups is 1. The third kappa shape index (κ3) is 5.52. The molecule has 1 atom stereocenters. The van der Waals surface area contributed by atoms with Gasteiger partial charge in [0.05, 0.1) is 5.41 Å². The number of hydrogen-bond acceptors (Lipinski definition) is 4. The van der Waals surface area contributed by atoms with Gasteiger partial charge < -0.3 is 9.64 Å². The molecule has 0 saturated carbocycles. The summed E-state index contributed by atoms with van der Waals surface area (Å²) in [7, 11) is 0. The molecule has 2 heterocycles. The standard InChI is InChI=1S/C21H32N2O2.2ClH/c1-4-21(5-2)16-19(25-20(21)24)10-11-22-12-14-23(15-13-22)18-8-6-17(3)7-9-18;;/h6-9,19H,4-5,10-16H2,1-3H3;2*1H. The van der Waals surface area contributed by atoms with Gasteiger partial charge in [-0.3, -0.25) is 9.69 Å². The molecule has 0 amide bonds. The van der Waals surface area contributed by atoms with Crippen LogP contribution in [-0.2, 0) is 9.53 Å². The van der Waals surface area contributed by atoms with Gasteiger partial charge in [0, 0.05) is 44.8 Å². The Morgan fingerprint density at radius 3 is 2.15 bits per heavy atom. The molecule has 1 aromatic carbocycles. The minimum Gasteiger partial charge on any atom is -0.462 e. The van der Waals surface area contributed by atoms with E-state index in [2.05, 4.69) is 54.8 Å². The number of ether oxygens (including phenoxy) is 1. The van der Waals surface area contributed by atoms with Crippen molar-refractivity contribution >= 4 is 36.5 Å². The first kappa shape index (κ1) is 24.1. The molecule has 0 spiro atoms. The number of carbonyl (C=O) groups excluding carboxylic acids is 1. The Bertz CT molecular complexity index is 582. The van der Waals surface area contributed by atoms with Gasteiger partial charge in [-0.2, -0.15) is 0 Å². The number of cyclic esters (lactones) is 1. The lowest BCUT2D eigenvalue weighted by atomic mass is 9.79. The molecule has 1 aromatic rings. The van der Waals surface area contributed by atoms with Gasteiger partial charge in [0.25, 0.3) is 0 Å². The van der Waals surface area contributed by atoms with E-state index in [0.29, 0.717) is 0 Å². The molecule has 3 rings (SSSR count). The third-order valence-electron chi connectivity index (χ3n) is 6.22. The maximum absolute atomic E-state index is 12.2. The minimum atomic E-state index is -0.213. The zero-order valence-electron chi connectivity index (χ0n) is 16.8. The summed E-state index contributed by atoms with van der Waals surface area (Å²) in [4.78, 5) is 17.2. The van der Waals surface area contributed by atoms with Crippen LogP contribution in [0, 0.1) is 12.3 Å². The van der Waals surface area contributed by atoms with Crippen molar-refractivity contribution in [2.24, 2.45) is 5.41 Å². The Balaban J connectivity index is 0.00000182. The maximum Gasteiger partial charge on any atom is 0.312 e. The number of nitrogens with zero attached hydrogens (tertiary/aromatic N) is 2. The molecule has 2 aliphatic rings. The topological polar surface area (TPSA) is 32.8 Å². The van der Waals surface area contributed by atoms with E-state index in [1.54, 1.807) is 0 Å². The fraction of sp³-hybridized carbons (Fsp3) is 0.667. The predicted octanol–water partition coefficient (Wildman–Crippen LogP) is 4.47. The summed E-state index contributed by atoms with van der Waals surface area (Å²) in [5, 5.41) is 0. The van der Waals surface area contributed by atoms with Crippen molar-refractivity contribution in [3.8, 4) is 0 Å². The van der Waals surface area contributed by atoms with E-state index in [1.807, 2.05) is 0 Å². The highest BCUT2D eigenvalue weighted by atomic mass is 35.5. The molecule has 2 fully saturated rings. The van der Waals surface area contributed by atoms with Crippen molar-refractivity contribution in [2.45, 2.75) is 52.6 Å². The molecular weight excluding hydrogens is 383 g/mol. The third-order valence-corrected chi connectivity index (χ3v) is 6.22. The second-order valence-corrected chi connectivity index (χ2v) is 7.67. The molecular formula is C21H34Cl2N2O2. The molecule has 0 aliphatic carbocycles. The van der Waals surface area contributed by atoms with Crippen molar-refractivity contribution in [3.63, 3.8) is 0 Å². The van der Waals surface area contributed by atoms with Crippen LogP contribution in [0.15, 0.2) is 24.3 Å². The normalized spacial score (nSPS) is 22.0. The molecule has 4 nitrogen and oxygen atoms in total. The SMILES string of the molecule is CCC1(CC)CC(CCN2CCN(c3ccc(C)cc3)CC2)OC1=O.Cl.Cl. The van der Waals surface area contributed by atoms with Crippen LogP contribution in [0.1, 0.15) is 45.1 Å². The van der Waals surface area contributed by atoms with E-state index in [1.165, 1.54) is 11.3 Å². The summed E-state index contributed by atoms with van der Waals surface area (Å²) in [6.07, 6.45) is 3.78. The van der Waals surface area contributed by atoms with Gasteiger partial charge in [-0.15, -0.1) is 24.8 Å². The van der Waals surface area contributed by atoms with Crippen LogP contribution >= 0.6 is 24.8 Å². The van der Waals surface area contributed by atoms with Crippen LogP contribution in [0.2, 0.25) is 0 Å². The molecule has 1 unspecified atom stereocenters. The first-order valence-corrected chi connectivity index (χ1v) is 9.81. The summed E-state index contributed by atoms with van der Waals surface area (Å²) >= 11 is 0. The minimum absolute atomic E-state index is 0. The van der Waals surface area contributed by atoms with Crippen molar-refractivity contribution in [2.75, 3.05) is 37.6 Å². The number of halogens is 2. The molecule has 27 heavy (non-hydrogen) atoms. The van der Waals surface area contributed by atoms with Gasteiger partial charge in [0.1, 0.15) is 6.10 Å². The highest BCUT2D eigenvalue weighted by Crippen LogP contribution is 2.41. The monoisotopic (exact) mass is 416 g/mol. The second-order valence-electron chi connectivity index (χ2n) is 7.67. The molecule has 0 N–H and O–H groups in total. The fourth-order valence-corrected chi connectivity index (χ4v) is 4.14. The number of anilines is 1. The molecule has 2 aliphatic heterocycles. The average molecular weight is 417 g/mol. The summed E-state index contributed by atoms with van der Waals surface area (Å²) in [6.45, 7) is 11.7. The first-order valence-electron chi connectivity index (χ1n) is 9.81. The van der Waals surface area contributed by atoms with Gasteiger partial charge in [-0.05, 0) is 38.3 Å². The largest absolute Gasteiger partial charge is 0.462 e. The van der Waals surface area contributed by atoms with Crippen molar-refractivity contribution in [3.05, 3.63) is 29.8 Å². The van der Waals surface area contributed by atoms with E-state index >= 15 is 0 Å². The van der Waals surface area contributed by atoms with Crippen molar-refractivity contribution in [1.82, 2.24) is 4.90 Å². The smallest absolute Gasteiger partial charge is 0.312 e. The van der Waals surface area contributed by atoms with E-state index < -0.39 is 0 Å². The number of piperazine rings is 1. The molecule has 0 radical (unpaired) electrons. The highest BCUT2D eigenvalue weighted by Gasteiger charge is 2.46. The van der Waals surface area contributed by atoms with Crippen molar-refractivity contribution in [1.29, 1.82) is 0 Å². The van der Waals surface area contributed by atoms with E-state index in [0.717, 1.165) is 58.4 Å². The lowest BCUT2D eigenvalue weighted by Crippen LogP contribution is -2.47. The van der Waals surface area contributed by atoms with Gasteiger partial charge in [-0.25, -0.2) is 0 Å². The first-order chi connectivity index (χ1) is 12.1. The van der Waals surface area contributed by atoms with Crippen LogP contribution in [0.25, 0.3) is 0 Å². The zero-order chi connectivity index (χ0) is 17.9. The highest BCUT2D eigenvalue weighted by molar-refractivity contribution is 5.85. The summed E-state index contributed by atoms with van der Waals surface area (Å²) in [5.41, 5.74) is 2.42. The predicted molar refractivity (Wildman–Crippen MR) is 116 cm³/mol. The van der Waals surface area contributed by atoms with Gasteiger partial charge in [0.2, 0.25) is 0 Å². The zero-order valence-corrected chi connectivity index (χ0v) is 18.4. The fourth-order valence-electron chi connectivity index (χ4n) is 4.14. The number of esters is 1. The summed E-state index contributed by atoms with van der Waals surface area (Å²) in [5.74, 6) is 0.0340. The van der Waals surface area contributed by atoms with Crippen LogP contribution in [0.4, 0.5) is 5.69 Å². The van der Waals surface area contributed by atoms with E-state index in [-0.39, 0.29) is 42.3 Å². The van der Waals surface area contributed by atoms with Gasteiger partial charge >= 0.3 is 5.97 Å². The molecule has 154 valence electrons. The van der Waals surface area contributed by atoms with E-state index in [4.69, 9.17) is 4.74 Å². The van der Waals surface area contributed by atoms with Crippen LogP contribution in [-0.4, -0.2) is 49.7 Å². The Morgan fingerprint density at radius 2 is 1.63 bits per heavy atom. The maximum atomic E-state index is 12.2. The number of rotatable bonds is 6. The Morgan fingerprint density at radius 1 is 1.04 bits per heavy atom.